The van der Waals surface area contributed by atoms with Crippen LogP contribution in [-0.4, -0.2) is 12.6 Å². The molecule has 0 N–H and O–H groups in total. The maximum Gasteiger partial charge on any atom is 0.302 e. The van der Waals surface area contributed by atoms with Gasteiger partial charge in [0, 0.05) is 6.92 Å². The molecule has 0 amide bonds. The molecule has 0 saturated heterocycles. The van der Waals surface area contributed by atoms with E-state index in [2.05, 4.69) is 12.7 Å². The van der Waals surface area contributed by atoms with Crippen molar-refractivity contribution in [2.24, 2.45) is 0 Å². The molecule has 0 radical (unpaired) electrons. The minimum Gasteiger partial charge on any atom is -0.466 e. The first kappa shape index (κ1) is 18.9. The Hall–Kier alpha value is -1.05. The van der Waals surface area contributed by atoms with E-state index in [9.17, 15) is 4.79 Å². The molecule has 0 bridgehead atoms. The van der Waals surface area contributed by atoms with Crippen LogP contribution >= 0.6 is 0 Å². The second-order valence-corrected chi connectivity index (χ2v) is 5.33. The first-order chi connectivity index (χ1) is 9.77. The summed E-state index contributed by atoms with van der Waals surface area (Å²) in [5.41, 5.74) is 0. The summed E-state index contributed by atoms with van der Waals surface area (Å²) in [5, 5.41) is 0. The summed E-state index contributed by atoms with van der Waals surface area (Å²) < 4.78 is 4.90. The second-order valence-electron chi connectivity index (χ2n) is 5.33. The molecule has 0 aliphatic carbocycles. The van der Waals surface area contributed by atoms with Gasteiger partial charge in [-0.2, -0.15) is 0 Å². The van der Waals surface area contributed by atoms with Crippen LogP contribution in [0.4, 0.5) is 0 Å². The van der Waals surface area contributed by atoms with Crippen LogP contribution in [0.2, 0.25) is 0 Å². The van der Waals surface area contributed by atoms with Gasteiger partial charge in [-0.1, -0.05) is 76.2 Å². The smallest absolute Gasteiger partial charge is 0.302 e. The van der Waals surface area contributed by atoms with E-state index in [1.807, 2.05) is 12.2 Å². The van der Waals surface area contributed by atoms with Crippen LogP contribution in [0, 0.1) is 0 Å². The molecule has 116 valence electrons. The summed E-state index contributed by atoms with van der Waals surface area (Å²) in [4.78, 5) is 10.5. The highest BCUT2D eigenvalue weighted by Crippen LogP contribution is 2.11. The maximum absolute atomic E-state index is 10.5. The average Bonchev–Trinajstić information content (AvgIpc) is 2.43. The number of ether oxygens (including phenoxy) is 1. The highest BCUT2D eigenvalue weighted by atomic mass is 16.5. The van der Waals surface area contributed by atoms with E-state index in [1.54, 1.807) is 0 Å². The van der Waals surface area contributed by atoms with Crippen molar-refractivity contribution in [2.75, 3.05) is 6.61 Å². The van der Waals surface area contributed by atoms with E-state index in [0.717, 1.165) is 6.42 Å². The van der Waals surface area contributed by atoms with Crippen molar-refractivity contribution in [1.29, 1.82) is 0 Å². The Labute approximate surface area is 125 Å². The van der Waals surface area contributed by atoms with Crippen LogP contribution in [-0.2, 0) is 9.53 Å². The van der Waals surface area contributed by atoms with Crippen molar-refractivity contribution in [2.45, 2.75) is 77.6 Å². The van der Waals surface area contributed by atoms with E-state index in [0.29, 0.717) is 6.61 Å². The van der Waals surface area contributed by atoms with Gasteiger partial charge >= 0.3 is 5.97 Å². The molecular weight excluding hydrogens is 248 g/mol. The quantitative estimate of drug-likeness (QED) is 0.236. The molecule has 0 aromatic heterocycles. The van der Waals surface area contributed by atoms with Gasteiger partial charge in [-0.3, -0.25) is 4.79 Å². The topological polar surface area (TPSA) is 26.3 Å². The van der Waals surface area contributed by atoms with Crippen LogP contribution in [0.15, 0.2) is 24.8 Å². The van der Waals surface area contributed by atoms with E-state index >= 15 is 0 Å². The third-order valence-electron chi connectivity index (χ3n) is 3.34. The SMILES string of the molecule is C=C/C=C/CCCCCCCCCCCCOC(C)=O. The van der Waals surface area contributed by atoms with E-state index in [4.69, 9.17) is 4.74 Å². The minimum atomic E-state index is -0.162. The van der Waals surface area contributed by atoms with Crippen LogP contribution in [0.25, 0.3) is 0 Å². The fourth-order valence-corrected chi connectivity index (χ4v) is 2.19. The predicted octanol–water partition coefficient (Wildman–Crippen LogP) is 5.58. The monoisotopic (exact) mass is 280 g/mol. The zero-order chi connectivity index (χ0) is 14.9. The molecule has 2 nitrogen and oxygen atoms in total. The molecule has 2 heteroatoms. The number of hydrogen-bond acceptors (Lipinski definition) is 2. The van der Waals surface area contributed by atoms with Crippen molar-refractivity contribution in [3.8, 4) is 0 Å². The molecule has 0 aromatic carbocycles. The molecule has 0 spiro atoms. The highest BCUT2D eigenvalue weighted by Gasteiger charge is 1.94. The number of carbonyl (C=O) groups is 1. The number of rotatable bonds is 14. The third kappa shape index (κ3) is 16.9. The molecular formula is C18H32O2. The fraction of sp³-hybridized carbons (Fsp3) is 0.722. The Morgan fingerprint density at radius 2 is 1.40 bits per heavy atom. The average molecular weight is 280 g/mol. The molecule has 0 aliphatic heterocycles. The van der Waals surface area contributed by atoms with Crippen LogP contribution < -0.4 is 0 Å². The molecule has 0 rings (SSSR count). The summed E-state index contributed by atoms with van der Waals surface area (Å²) >= 11 is 0. The van der Waals surface area contributed by atoms with Gasteiger partial charge in [0.25, 0.3) is 0 Å². The molecule has 0 fully saturated rings. The fourth-order valence-electron chi connectivity index (χ4n) is 2.19. The van der Waals surface area contributed by atoms with Gasteiger partial charge < -0.3 is 4.74 Å². The molecule has 0 aromatic rings. The van der Waals surface area contributed by atoms with Gasteiger partial charge in [0.2, 0.25) is 0 Å². The Bertz CT molecular complexity index is 256. The standard InChI is InChI=1S/C18H32O2/c1-3-4-5-6-7-8-9-10-11-12-13-14-15-16-17-20-18(2)19/h3-5H,1,6-17H2,2H3/b5-4+. The number of allylic oxidation sites excluding steroid dienone is 3. The van der Waals surface area contributed by atoms with Gasteiger partial charge in [-0.05, 0) is 19.3 Å². The largest absolute Gasteiger partial charge is 0.466 e. The van der Waals surface area contributed by atoms with Crippen molar-refractivity contribution in [3.63, 3.8) is 0 Å². The summed E-state index contributed by atoms with van der Waals surface area (Å²) in [7, 11) is 0. The summed E-state index contributed by atoms with van der Waals surface area (Å²) in [6, 6.07) is 0. The third-order valence-corrected chi connectivity index (χ3v) is 3.34. The van der Waals surface area contributed by atoms with Crippen molar-refractivity contribution >= 4 is 5.97 Å². The first-order valence-electron chi connectivity index (χ1n) is 8.18. The number of hydrogen-bond donors (Lipinski definition) is 0. The number of esters is 1. The van der Waals surface area contributed by atoms with Crippen molar-refractivity contribution in [1.82, 2.24) is 0 Å². The number of carbonyl (C=O) groups excluding carboxylic acids is 1. The maximum atomic E-state index is 10.5. The van der Waals surface area contributed by atoms with Gasteiger partial charge in [0.1, 0.15) is 0 Å². The minimum absolute atomic E-state index is 0.162. The van der Waals surface area contributed by atoms with Gasteiger partial charge in [0.15, 0.2) is 0 Å². The van der Waals surface area contributed by atoms with Crippen LogP contribution in [0.5, 0.6) is 0 Å². The predicted molar refractivity (Wildman–Crippen MR) is 86.8 cm³/mol. The Kier molecular flexibility index (Phi) is 15.2. The van der Waals surface area contributed by atoms with Crippen LogP contribution in [0.3, 0.4) is 0 Å². The van der Waals surface area contributed by atoms with Crippen molar-refractivity contribution in [3.05, 3.63) is 24.8 Å². The molecule has 0 atom stereocenters. The Morgan fingerprint density at radius 3 is 1.90 bits per heavy atom. The second kappa shape index (κ2) is 16.0. The first-order valence-corrected chi connectivity index (χ1v) is 8.18. The Balaban J connectivity index is 3.01. The van der Waals surface area contributed by atoms with Gasteiger partial charge in [0.05, 0.1) is 6.61 Å². The van der Waals surface area contributed by atoms with E-state index < -0.39 is 0 Å². The molecule has 0 aliphatic rings. The lowest BCUT2D eigenvalue weighted by atomic mass is 10.1. The van der Waals surface area contributed by atoms with Crippen LogP contribution in [0.1, 0.15) is 77.6 Å². The molecule has 0 heterocycles. The van der Waals surface area contributed by atoms with E-state index in [1.165, 1.54) is 71.1 Å². The highest BCUT2D eigenvalue weighted by molar-refractivity contribution is 5.65. The van der Waals surface area contributed by atoms with Gasteiger partial charge in [-0.15, -0.1) is 0 Å². The summed E-state index contributed by atoms with van der Waals surface area (Å²) in [5.74, 6) is -0.162. The number of unbranched alkanes of at least 4 members (excludes halogenated alkanes) is 10. The lowest BCUT2D eigenvalue weighted by molar-refractivity contribution is -0.141. The lowest BCUT2D eigenvalue weighted by Gasteiger charge is -2.03. The normalized spacial score (nSPS) is 10.8. The molecule has 20 heavy (non-hydrogen) atoms. The summed E-state index contributed by atoms with van der Waals surface area (Å²) in [6.07, 6.45) is 20.2. The Morgan fingerprint density at radius 1 is 0.900 bits per heavy atom. The molecule has 0 saturated carbocycles. The molecule has 0 unspecified atom stereocenters. The van der Waals surface area contributed by atoms with Gasteiger partial charge in [-0.25, -0.2) is 0 Å². The zero-order valence-corrected chi connectivity index (χ0v) is 13.2. The zero-order valence-electron chi connectivity index (χ0n) is 13.2. The van der Waals surface area contributed by atoms with Crippen molar-refractivity contribution < 1.29 is 9.53 Å². The summed E-state index contributed by atoms with van der Waals surface area (Å²) in [6.45, 7) is 5.72. The lowest BCUT2D eigenvalue weighted by Crippen LogP contribution is -2.00. The van der Waals surface area contributed by atoms with E-state index in [-0.39, 0.29) is 5.97 Å².